The fourth-order valence-electron chi connectivity index (χ4n) is 1.77. The minimum atomic E-state index is 0.127. The first-order valence-electron chi connectivity index (χ1n) is 5.05. The van der Waals surface area contributed by atoms with Crippen molar-refractivity contribution in [3.63, 3.8) is 0 Å². The Morgan fingerprint density at radius 3 is 2.80 bits per heavy atom. The zero-order valence-electron chi connectivity index (χ0n) is 8.40. The monoisotopic (exact) mass is 222 g/mol. The van der Waals surface area contributed by atoms with Crippen LogP contribution in [0.25, 0.3) is 0 Å². The van der Waals surface area contributed by atoms with Crippen LogP contribution in [0.1, 0.15) is 17.9 Å². The zero-order chi connectivity index (χ0) is 10.7. The fourth-order valence-corrected chi connectivity index (χ4v) is 2.69. The van der Waals surface area contributed by atoms with Crippen LogP contribution >= 0.6 is 11.8 Å². The smallest absolute Gasteiger partial charge is 0.129 e. The van der Waals surface area contributed by atoms with E-state index in [0.717, 1.165) is 12.0 Å². The Bertz CT molecular complexity index is 342. The van der Waals surface area contributed by atoms with Gasteiger partial charge in [0.1, 0.15) is 5.88 Å². The van der Waals surface area contributed by atoms with Gasteiger partial charge in [-0.25, -0.2) is 0 Å². The van der Waals surface area contributed by atoms with Gasteiger partial charge in [0.15, 0.2) is 0 Å². The third kappa shape index (κ3) is 2.59. The molecule has 0 spiro atoms. The Morgan fingerprint density at radius 1 is 1.33 bits per heavy atom. The quantitative estimate of drug-likeness (QED) is 0.702. The second-order valence-electron chi connectivity index (χ2n) is 3.69. The van der Waals surface area contributed by atoms with Crippen molar-refractivity contribution in [1.29, 1.82) is 5.41 Å². The van der Waals surface area contributed by atoms with Crippen LogP contribution in [0.5, 0.6) is 0 Å². The molecule has 3 nitrogen and oxygen atoms in total. The molecule has 2 rings (SSSR count). The van der Waals surface area contributed by atoms with Gasteiger partial charge in [0.05, 0.1) is 11.6 Å². The highest BCUT2D eigenvalue weighted by molar-refractivity contribution is 8.13. The Labute approximate surface area is 93.6 Å². The van der Waals surface area contributed by atoms with Crippen LogP contribution in [0.2, 0.25) is 0 Å². The molecule has 15 heavy (non-hydrogen) atoms. The van der Waals surface area contributed by atoms with Crippen molar-refractivity contribution in [2.75, 3.05) is 12.4 Å². The van der Waals surface area contributed by atoms with Crippen LogP contribution in [-0.4, -0.2) is 17.5 Å². The number of quaternary nitrogens is 1. The summed E-state index contributed by atoms with van der Waals surface area (Å²) < 4.78 is 0. The first kappa shape index (κ1) is 10.7. The minimum absolute atomic E-state index is 0.127. The van der Waals surface area contributed by atoms with Gasteiger partial charge in [0, 0.05) is 12.3 Å². The van der Waals surface area contributed by atoms with Gasteiger partial charge < -0.3 is 10.3 Å². The SMILES string of the molecule is N=C1SC[NH+]([O-])CCC1c1ccccc1. The molecule has 0 radical (unpaired) electrons. The summed E-state index contributed by atoms with van der Waals surface area (Å²) in [6.45, 7) is 0.606. The number of benzene rings is 1. The van der Waals surface area contributed by atoms with Crippen molar-refractivity contribution in [1.82, 2.24) is 0 Å². The summed E-state index contributed by atoms with van der Waals surface area (Å²) in [4.78, 5) is 0. The lowest BCUT2D eigenvalue weighted by molar-refractivity contribution is -0.833. The summed E-state index contributed by atoms with van der Waals surface area (Å²) in [6.07, 6.45) is 0.786. The molecule has 0 aromatic heterocycles. The number of nitrogens with one attached hydrogen (secondary N) is 2. The van der Waals surface area contributed by atoms with Gasteiger partial charge in [-0.1, -0.05) is 42.1 Å². The van der Waals surface area contributed by atoms with Crippen LogP contribution in [0.4, 0.5) is 0 Å². The van der Waals surface area contributed by atoms with Gasteiger partial charge in [-0.2, -0.15) is 0 Å². The maximum atomic E-state index is 11.3. The largest absolute Gasteiger partial charge is 0.634 e. The molecule has 0 amide bonds. The molecule has 2 atom stereocenters. The van der Waals surface area contributed by atoms with Crippen LogP contribution < -0.4 is 5.06 Å². The number of rotatable bonds is 1. The highest BCUT2D eigenvalue weighted by atomic mass is 32.2. The average Bonchev–Trinajstić information content (AvgIpc) is 2.43. The molecule has 1 heterocycles. The Balaban J connectivity index is 2.17. The normalized spacial score (nSPS) is 27.4. The molecule has 0 aliphatic carbocycles. The molecular formula is C11H14N2OS. The van der Waals surface area contributed by atoms with Gasteiger partial charge in [-0.15, -0.1) is 0 Å². The maximum Gasteiger partial charge on any atom is 0.129 e. The van der Waals surface area contributed by atoms with Crippen LogP contribution in [0.15, 0.2) is 30.3 Å². The van der Waals surface area contributed by atoms with Gasteiger partial charge in [0.25, 0.3) is 0 Å². The first-order valence-corrected chi connectivity index (χ1v) is 6.04. The van der Waals surface area contributed by atoms with Crippen LogP contribution in [-0.2, 0) is 0 Å². The Hall–Kier alpha value is -0.840. The van der Waals surface area contributed by atoms with E-state index < -0.39 is 0 Å². The number of thioether (sulfide) groups is 1. The molecule has 0 saturated carbocycles. The predicted octanol–water partition coefficient (Wildman–Crippen LogP) is 1.22. The molecule has 1 fully saturated rings. The van der Waals surface area contributed by atoms with Crippen molar-refractivity contribution < 1.29 is 5.06 Å². The predicted molar refractivity (Wildman–Crippen MR) is 63.2 cm³/mol. The summed E-state index contributed by atoms with van der Waals surface area (Å²) in [5, 5.41) is 20.1. The standard InChI is InChI=1S/C11H14N2OS/c12-11-10(6-7-13(14)8-15-11)9-4-2-1-3-5-9/h1-5,10,12-13H,6-8H2. The van der Waals surface area contributed by atoms with Crippen molar-refractivity contribution in [3.05, 3.63) is 41.1 Å². The highest BCUT2D eigenvalue weighted by Crippen LogP contribution is 2.26. The van der Waals surface area contributed by atoms with Crippen LogP contribution in [0, 0.1) is 10.6 Å². The van der Waals surface area contributed by atoms with Crippen molar-refractivity contribution in [2.45, 2.75) is 12.3 Å². The molecule has 1 saturated heterocycles. The molecule has 80 valence electrons. The van der Waals surface area contributed by atoms with Gasteiger partial charge in [-0.3, -0.25) is 5.41 Å². The third-order valence-corrected chi connectivity index (χ3v) is 3.68. The van der Waals surface area contributed by atoms with E-state index in [1.165, 1.54) is 11.8 Å². The lowest BCUT2D eigenvalue weighted by Crippen LogP contribution is -3.06. The van der Waals surface area contributed by atoms with Gasteiger partial charge in [0.2, 0.25) is 0 Å². The molecule has 1 aliphatic rings. The van der Waals surface area contributed by atoms with E-state index in [9.17, 15) is 5.21 Å². The number of hydroxylamine groups is 2. The molecule has 2 N–H and O–H groups in total. The summed E-state index contributed by atoms with van der Waals surface area (Å²) in [5.41, 5.74) is 1.16. The fraction of sp³-hybridized carbons (Fsp3) is 0.364. The zero-order valence-corrected chi connectivity index (χ0v) is 9.22. The van der Waals surface area contributed by atoms with Crippen molar-refractivity contribution in [2.24, 2.45) is 0 Å². The molecule has 4 heteroatoms. The lowest BCUT2D eigenvalue weighted by Gasteiger charge is -2.18. The number of hydrogen-bond acceptors (Lipinski definition) is 3. The summed E-state index contributed by atoms with van der Waals surface area (Å²) in [5.74, 6) is 0.602. The molecule has 1 aliphatic heterocycles. The molecule has 1 aromatic carbocycles. The molecular weight excluding hydrogens is 208 g/mol. The second-order valence-corrected chi connectivity index (χ2v) is 4.71. The summed E-state index contributed by atoms with van der Waals surface area (Å²) >= 11 is 1.38. The van der Waals surface area contributed by atoms with Crippen molar-refractivity contribution >= 4 is 16.8 Å². The minimum Gasteiger partial charge on any atom is -0.634 e. The number of hydrogen-bond donors (Lipinski definition) is 2. The van der Waals surface area contributed by atoms with Gasteiger partial charge in [-0.05, 0) is 5.56 Å². The van der Waals surface area contributed by atoms with E-state index in [0.29, 0.717) is 17.5 Å². The van der Waals surface area contributed by atoms with E-state index in [1.54, 1.807) is 0 Å². The molecule has 0 bridgehead atoms. The Kier molecular flexibility index (Phi) is 3.41. The van der Waals surface area contributed by atoms with Crippen molar-refractivity contribution in [3.8, 4) is 0 Å². The average molecular weight is 222 g/mol. The summed E-state index contributed by atoms with van der Waals surface area (Å²) in [6, 6.07) is 10.0. The second kappa shape index (κ2) is 4.79. The van der Waals surface area contributed by atoms with Gasteiger partial charge >= 0.3 is 0 Å². The highest BCUT2D eigenvalue weighted by Gasteiger charge is 2.22. The van der Waals surface area contributed by atoms with E-state index in [1.807, 2.05) is 30.3 Å². The van der Waals surface area contributed by atoms with E-state index in [4.69, 9.17) is 5.41 Å². The summed E-state index contributed by atoms with van der Waals surface area (Å²) in [7, 11) is 0. The van der Waals surface area contributed by atoms with E-state index in [-0.39, 0.29) is 11.0 Å². The molecule has 2 unspecified atom stereocenters. The lowest BCUT2D eigenvalue weighted by atomic mass is 9.97. The topological polar surface area (TPSA) is 51.4 Å². The Morgan fingerprint density at radius 2 is 2.07 bits per heavy atom. The van der Waals surface area contributed by atoms with E-state index in [2.05, 4.69) is 0 Å². The first-order chi connectivity index (χ1) is 7.27. The third-order valence-electron chi connectivity index (χ3n) is 2.62. The van der Waals surface area contributed by atoms with E-state index >= 15 is 0 Å². The van der Waals surface area contributed by atoms with Crippen LogP contribution in [0.3, 0.4) is 0 Å². The molecule has 1 aromatic rings. The maximum absolute atomic E-state index is 11.3.